The largest absolute Gasteiger partial charge is 0.497 e. The monoisotopic (exact) mass is 343 g/mol. The molecule has 0 aliphatic rings. The maximum atomic E-state index is 6.27. The predicted octanol–water partition coefficient (Wildman–Crippen LogP) is 5.35. The summed E-state index contributed by atoms with van der Waals surface area (Å²) in [4.78, 5) is 0. The minimum Gasteiger partial charge on any atom is -0.497 e. The van der Waals surface area contributed by atoms with E-state index in [1.807, 2.05) is 18.2 Å². The van der Waals surface area contributed by atoms with E-state index in [1.165, 1.54) is 16.9 Å². The third-order valence-electron chi connectivity index (χ3n) is 3.39. The van der Waals surface area contributed by atoms with Crippen molar-refractivity contribution in [3.05, 3.63) is 50.1 Å². The minimum atomic E-state index is 0.230. The predicted molar refractivity (Wildman–Crippen MR) is 92.1 cm³/mol. The molecule has 2 nitrogen and oxygen atoms in total. The molecule has 2 aromatic rings. The standard InChI is InChI=1S/C16H19Cl2NOS/c1-3-19-14(13-10-15(17)21-16(13)18)9-6-11-4-7-12(20-2)8-5-11/h4-5,7-8,10,14,19H,3,6,9H2,1-2H3. The molecular formula is C16H19Cl2NOS. The van der Waals surface area contributed by atoms with Crippen LogP contribution in [0.2, 0.25) is 8.67 Å². The number of ether oxygens (including phenoxy) is 1. The first-order chi connectivity index (χ1) is 10.1. The summed E-state index contributed by atoms with van der Waals surface area (Å²) in [5.74, 6) is 0.884. The molecule has 0 saturated carbocycles. The van der Waals surface area contributed by atoms with Crippen LogP contribution in [0.4, 0.5) is 0 Å². The van der Waals surface area contributed by atoms with Gasteiger partial charge in [-0.25, -0.2) is 0 Å². The molecule has 0 amide bonds. The highest BCUT2D eigenvalue weighted by atomic mass is 35.5. The molecule has 0 bridgehead atoms. The lowest BCUT2D eigenvalue weighted by Gasteiger charge is -2.17. The molecule has 0 aliphatic heterocycles. The Kier molecular flexibility index (Phi) is 6.37. The fraction of sp³-hybridized carbons (Fsp3) is 0.375. The highest BCUT2D eigenvalue weighted by Crippen LogP contribution is 2.36. The number of rotatable bonds is 7. The summed E-state index contributed by atoms with van der Waals surface area (Å²) < 4.78 is 6.69. The van der Waals surface area contributed by atoms with Crippen LogP contribution in [-0.4, -0.2) is 13.7 Å². The quantitative estimate of drug-likeness (QED) is 0.731. The smallest absolute Gasteiger partial charge is 0.118 e. The van der Waals surface area contributed by atoms with Gasteiger partial charge < -0.3 is 10.1 Å². The summed E-state index contributed by atoms with van der Waals surface area (Å²) in [6, 6.07) is 10.4. The van der Waals surface area contributed by atoms with Crippen molar-refractivity contribution in [2.45, 2.75) is 25.8 Å². The lowest BCUT2D eigenvalue weighted by Crippen LogP contribution is -2.21. The average molecular weight is 344 g/mol. The van der Waals surface area contributed by atoms with E-state index >= 15 is 0 Å². The molecule has 0 fully saturated rings. The highest BCUT2D eigenvalue weighted by Gasteiger charge is 2.16. The molecule has 5 heteroatoms. The first-order valence-electron chi connectivity index (χ1n) is 6.95. The summed E-state index contributed by atoms with van der Waals surface area (Å²) in [6.07, 6.45) is 1.96. The van der Waals surface area contributed by atoms with Crippen molar-refractivity contribution in [3.8, 4) is 5.75 Å². The molecule has 0 aliphatic carbocycles. The second-order valence-electron chi connectivity index (χ2n) is 4.78. The Morgan fingerprint density at radius 1 is 1.24 bits per heavy atom. The zero-order chi connectivity index (χ0) is 15.2. The van der Waals surface area contributed by atoms with E-state index < -0.39 is 0 Å². The zero-order valence-electron chi connectivity index (χ0n) is 12.2. The van der Waals surface area contributed by atoms with Crippen LogP contribution in [0.15, 0.2) is 30.3 Å². The third kappa shape index (κ3) is 4.62. The maximum absolute atomic E-state index is 6.27. The van der Waals surface area contributed by atoms with Gasteiger partial charge in [0.25, 0.3) is 0 Å². The molecule has 0 radical (unpaired) electrons. The number of hydrogen-bond acceptors (Lipinski definition) is 3. The Morgan fingerprint density at radius 2 is 1.95 bits per heavy atom. The first kappa shape index (κ1) is 16.6. The third-order valence-corrected chi connectivity index (χ3v) is 4.91. The van der Waals surface area contributed by atoms with Gasteiger partial charge in [-0.05, 0) is 43.1 Å². The molecule has 0 saturated heterocycles. The minimum absolute atomic E-state index is 0.230. The molecule has 114 valence electrons. The molecule has 0 spiro atoms. The number of nitrogens with one attached hydrogen (secondary N) is 1. The van der Waals surface area contributed by atoms with E-state index in [9.17, 15) is 0 Å². The van der Waals surface area contributed by atoms with Crippen molar-refractivity contribution in [1.29, 1.82) is 0 Å². The van der Waals surface area contributed by atoms with Crippen LogP contribution in [-0.2, 0) is 6.42 Å². The van der Waals surface area contributed by atoms with E-state index in [-0.39, 0.29) is 6.04 Å². The van der Waals surface area contributed by atoms with Gasteiger partial charge in [0.1, 0.15) is 5.75 Å². The van der Waals surface area contributed by atoms with Crippen LogP contribution in [0.1, 0.15) is 30.5 Å². The lowest BCUT2D eigenvalue weighted by molar-refractivity contribution is 0.414. The zero-order valence-corrected chi connectivity index (χ0v) is 14.5. The normalized spacial score (nSPS) is 12.4. The SMILES string of the molecule is CCNC(CCc1ccc(OC)cc1)c1cc(Cl)sc1Cl. The van der Waals surface area contributed by atoms with Gasteiger partial charge in [-0.2, -0.15) is 0 Å². The molecule has 21 heavy (non-hydrogen) atoms. The van der Waals surface area contributed by atoms with Crippen LogP contribution in [0.25, 0.3) is 0 Å². The fourth-order valence-corrected chi connectivity index (χ4v) is 3.89. The van der Waals surface area contributed by atoms with Gasteiger partial charge in [0.05, 0.1) is 15.8 Å². The van der Waals surface area contributed by atoms with Crippen LogP contribution >= 0.6 is 34.5 Å². The van der Waals surface area contributed by atoms with Crippen molar-refractivity contribution in [2.24, 2.45) is 0 Å². The second-order valence-corrected chi connectivity index (χ2v) is 7.06. The molecule has 1 heterocycles. The average Bonchev–Trinajstić information content (AvgIpc) is 2.82. The number of thiophene rings is 1. The van der Waals surface area contributed by atoms with Gasteiger partial charge in [0.2, 0.25) is 0 Å². The van der Waals surface area contributed by atoms with Gasteiger partial charge in [-0.1, -0.05) is 42.3 Å². The fourth-order valence-electron chi connectivity index (χ4n) is 2.31. The van der Waals surface area contributed by atoms with E-state index in [0.717, 1.165) is 39.4 Å². The number of hydrogen-bond donors (Lipinski definition) is 1. The number of aryl methyl sites for hydroxylation is 1. The molecule has 1 atom stereocenters. The van der Waals surface area contributed by atoms with Crippen molar-refractivity contribution >= 4 is 34.5 Å². The van der Waals surface area contributed by atoms with Gasteiger partial charge in [-0.3, -0.25) is 0 Å². The Labute approximate surface area is 140 Å². The summed E-state index contributed by atoms with van der Waals surface area (Å²) in [5.41, 5.74) is 2.39. The summed E-state index contributed by atoms with van der Waals surface area (Å²) >= 11 is 13.8. The van der Waals surface area contributed by atoms with Gasteiger partial charge in [0, 0.05) is 11.6 Å². The van der Waals surface area contributed by atoms with Gasteiger partial charge >= 0.3 is 0 Å². The molecular weight excluding hydrogens is 325 g/mol. The molecule has 1 unspecified atom stereocenters. The van der Waals surface area contributed by atoms with Crippen LogP contribution in [0.5, 0.6) is 5.75 Å². The highest BCUT2D eigenvalue weighted by molar-refractivity contribution is 7.20. The molecule has 1 aromatic carbocycles. The number of methoxy groups -OCH3 is 1. The van der Waals surface area contributed by atoms with E-state index in [0.29, 0.717) is 0 Å². The van der Waals surface area contributed by atoms with E-state index in [1.54, 1.807) is 7.11 Å². The van der Waals surface area contributed by atoms with E-state index in [2.05, 4.69) is 24.4 Å². The number of benzene rings is 1. The summed E-state index contributed by atoms with van der Waals surface area (Å²) in [5, 5.41) is 3.48. The van der Waals surface area contributed by atoms with Crippen molar-refractivity contribution < 1.29 is 4.74 Å². The van der Waals surface area contributed by atoms with Gasteiger partial charge in [0.15, 0.2) is 0 Å². The molecule has 1 aromatic heterocycles. The van der Waals surface area contributed by atoms with Crippen LogP contribution < -0.4 is 10.1 Å². The Hall–Kier alpha value is -0.740. The first-order valence-corrected chi connectivity index (χ1v) is 8.52. The van der Waals surface area contributed by atoms with Gasteiger partial charge in [-0.15, -0.1) is 11.3 Å². The second kappa shape index (κ2) is 8.04. The number of halogens is 2. The summed E-state index contributed by atoms with van der Waals surface area (Å²) in [6.45, 7) is 3.00. The van der Waals surface area contributed by atoms with Crippen molar-refractivity contribution in [3.63, 3.8) is 0 Å². The Morgan fingerprint density at radius 3 is 2.48 bits per heavy atom. The molecule has 1 N–H and O–H groups in total. The lowest BCUT2D eigenvalue weighted by atomic mass is 10.0. The topological polar surface area (TPSA) is 21.3 Å². The maximum Gasteiger partial charge on any atom is 0.118 e. The van der Waals surface area contributed by atoms with E-state index in [4.69, 9.17) is 27.9 Å². The van der Waals surface area contributed by atoms with Crippen molar-refractivity contribution in [1.82, 2.24) is 5.32 Å². The summed E-state index contributed by atoms with van der Waals surface area (Å²) in [7, 11) is 1.68. The van der Waals surface area contributed by atoms with Crippen LogP contribution in [0.3, 0.4) is 0 Å². The Bertz CT molecular complexity index is 568. The van der Waals surface area contributed by atoms with Crippen LogP contribution in [0, 0.1) is 0 Å². The molecule has 2 rings (SSSR count). The Balaban J connectivity index is 2.04. The van der Waals surface area contributed by atoms with Crippen molar-refractivity contribution in [2.75, 3.05) is 13.7 Å².